The molecule has 1 fully saturated rings. The highest BCUT2D eigenvalue weighted by Gasteiger charge is 2.25. The highest BCUT2D eigenvalue weighted by Crippen LogP contribution is 2.26. The van der Waals surface area contributed by atoms with Crippen molar-refractivity contribution in [2.75, 3.05) is 0 Å². The summed E-state index contributed by atoms with van der Waals surface area (Å²) in [5.41, 5.74) is 0.209. The number of nitro groups is 1. The Kier molecular flexibility index (Phi) is 5.06. The molecule has 0 atom stereocenters. The van der Waals surface area contributed by atoms with Crippen molar-refractivity contribution in [3.05, 3.63) is 34.4 Å². The first-order valence-corrected chi connectivity index (χ1v) is 8.51. The average Bonchev–Trinajstić information content (AvgIpc) is 2.41. The molecule has 0 N–H and O–H groups in total. The molecule has 0 saturated heterocycles. The SMILES string of the molecule is O=[N+]([O-])c1ccccc1S(=O)(=O)N=C1CCCCCCC1. The average molecular weight is 310 g/mol. The number of hydrogen-bond donors (Lipinski definition) is 0. The molecule has 0 aromatic heterocycles. The van der Waals surface area contributed by atoms with Gasteiger partial charge in [-0.15, -0.1) is 0 Å². The number of rotatable bonds is 3. The lowest BCUT2D eigenvalue weighted by Gasteiger charge is -2.11. The number of para-hydroxylation sites is 1. The van der Waals surface area contributed by atoms with Crippen LogP contribution in [0.15, 0.2) is 33.6 Å². The summed E-state index contributed by atoms with van der Waals surface area (Å²) in [4.78, 5) is 9.94. The minimum Gasteiger partial charge on any atom is -0.258 e. The minimum absolute atomic E-state index is 0.329. The van der Waals surface area contributed by atoms with Gasteiger partial charge in [-0.2, -0.15) is 12.8 Å². The molecule has 2 rings (SSSR count). The summed E-state index contributed by atoms with van der Waals surface area (Å²) in [6.45, 7) is 0. The van der Waals surface area contributed by atoms with Crippen LogP contribution >= 0.6 is 0 Å². The number of sulfonamides is 1. The van der Waals surface area contributed by atoms with Gasteiger partial charge in [0.25, 0.3) is 15.7 Å². The normalized spacial score (nSPS) is 16.9. The van der Waals surface area contributed by atoms with Gasteiger partial charge >= 0.3 is 0 Å². The van der Waals surface area contributed by atoms with Gasteiger partial charge in [0.1, 0.15) is 0 Å². The van der Waals surface area contributed by atoms with E-state index in [1.807, 2.05) is 0 Å². The van der Waals surface area contributed by atoms with Gasteiger partial charge in [-0.05, 0) is 31.7 Å². The summed E-state index contributed by atoms with van der Waals surface area (Å²) in [6, 6.07) is 5.34. The van der Waals surface area contributed by atoms with Crippen LogP contribution in [0.3, 0.4) is 0 Å². The largest absolute Gasteiger partial charge is 0.289 e. The van der Waals surface area contributed by atoms with Crippen LogP contribution in [0.2, 0.25) is 0 Å². The molecule has 1 aliphatic carbocycles. The number of nitrogens with zero attached hydrogens (tertiary/aromatic N) is 2. The Morgan fingerprint density at radius 3 is 2.19 bits per heavy atom. The summed E-state index contributed by atoms with van der Waals surface area (Å²) in [5.74, 6) is 0. The van der Waals surface area contributed by atoms with Gasteiger partial charge in [-0.1, -0.05) is 31.4 Å². The van der Waals surface area contributed by atoms with Crippen molar-refractivity contribution in [3.63, 3.8) is 0 Å². The zero-order valence-electron chi connectivity index (χ0n) is 11.7. The second-order valence-corrected chi connectivity index (χ2v) is 6.70. The third kappa shape index (κ3) is 4.10. The van der Waals surface area contributed by atoms with E-state index in [4.69, 9.17) is 0 Å². The Morgan fingerprint density at radius 1 is 1.00 bits per heavy atom. The Labute approximate surface area is 124 Å². The Morgan fingerprint density at radius 2 is 1.57 bits per heavy atom. The number of hydrogen-bond acceptors (Lipinski definition) is 4. The van der Waals surface area contributed by atoms with Crippen molar-refractivity contribution in [1.82, 2.24) is 0 Å². The first kappa shape index (κ1) is 15.6. The molecule has 1 saturated carbocycles. The predicted octanol–water partition coefficient (Wildman–Crippen LogP) is 3.47. The van der Waals surface area contributed by atoms with Gasteiger partial charge in [0.05, 0.1) is 4.92 Å². The van der Waals surface area contributed by atoms with Crippen LogP contribution < -0.4 is 0 Å². The van der Waals surface area contributed by atoms with Crippen LogP contribution in [0.25, 0.3) is 0 Å². The monoisotopic (exact) mass is 310 g/mol. The first-order chi connectivity index (χ1) is 10.0. The summed E-state index contributed by atoms with van der Waals surface area (Å²) in [6.07, 6.45) is 6.47. The molecule has 0 bridgehead atoms. The third-order valence-electron chi connectivity index (χ3n) is 3.52. The maximum Gasteiger partial charge on any atom is 0.289 e. The van der Waals surface area contributed by atoms with E-state index in [2.05, 4.69) is 4.40 Å². The van der Waals surface area contributed by atoms with E-state index in [9.17, 15) is 18.5 Å². The molecular weight excluding hydrogens is 292 g/mol. The van der Waals surface area contributed by atoms with E-state index >= 15 is 0 Å². The van der Waals surface area contributed by atoms with E-state index in [0.29, 0.717) is 18.6 Å². The van der Waals surface area contributed by atoms with Crippen LogP contribution in [0, 0.1) is 10.1 Å². The quantitative estimate of drug-likeness (QED) is 0.631. The third-order valence-corrected chi connectivity index (χ3v) is 4.92. The minimum atomic E-state index is -4.02. The van der Waals surface area contributed by atoms with E-state index in [0.717, 1.165) is 25.7 Å². The van der Waals surface area contributed by atoms with Crippen molar-refractivity contribution in [3.8, 4) is 0 Å². The lowest BCUT2D eigenvalue weighted by atomic mass is 9.99. The Balaban J connectivity index is 2.35. The molecule has 114 valence electrons. The molecule has 0 unspecified atom stereocenters. The Bertz CT molecular complexity index is 643. The number of nitro benzene ring substituents is 1. The highest BCUT2D eigenvalue weighted by molar-refractivity contribution is 7.90. The Hall–Kier alpha value is -1.76. The molecule has 1 aliphatic rings. The van der Waals surface area contributed by atoms with Crippen molar-refractivity contribution in [1.29, 1.82) is 0 Å². The molecule has 0 aliphatic heterocycles. The molecule has 1 aromatic rings. The smallest absolute Gasteiger partial charge is 0.258 e. The van der Waals surface area contributed by atoms with Gasteiger partial charge in [-0.3, -0.25) is 10.1 Å². The van der Waals surface area contributed by atoms with Crippen molar-refractivity contribution >= 4 is 21.4 Å². The molecule has 0 spiro atoms. The second-order valence-electron chi connectivity index (χ2n) is 5.13. The molecule has 0 amide bonds. The lowest BCUT2D eigenvalue weighted by Crippen LogP contribution is -2.08. The summed E-state index contributed by atoms with van der Waals surface area (Å²) in [5, 5.41) is 11.0. The molecule has 1 aromatic carbocycles. The molecule has 0 heterocycles. The maximum atomic E-state index is 12.3. The summed E-state index contributed by atoms with van der Waals surface area (Å²) < 4.78 is 28.5. The van der Waals surface area contributed by atoms with Crippen LogP contribution in [0.5, 0.6) is 0 Å². The summed E-state index contributed by atoms with van der Waals surface area (Å²) >= 11 is 0. The van der Waals surface area contributed by atoms with Gasteiger partial charge in [-0.25, -0.2) is 0 Å². The maximum absolute atomic E-state index is 12.3. The predicted molar refractivity (Wildman–Crippen MR) is 80.0 cm³/mol. The zero-order chi connectivity index (χ0) is 15.3. The van der Waals surface area contributed by atoms with Gasteiger partial charge in [0.2, 0.25) is 0 Å². The van der Waals surface area contributed by atoms with E-state index in [1.54, 1.807) is 0 Å². The summed E-state index contributed by atoms with van der Waals surface area (Å²) in [7, 11) is -4.02. The van der Waals surface area contributed by atoms with Crippen LogP contribution in [-0.2, 0) is 10.0 Å². The fourth-order valence-electron chi connectivity index (χ4n) is 2.45. The lowest BCUT2D eigenvalue weighted by molar-refractivity contribution is -0.387. The highest BCUT2D eigenvalue weighted by atomic mass is 32.2. The fraction of sp³-hybridized carbons (Fsp3) is 0.500. The van der Waals surface area contributed by atoms with E-state index < -0.39 is 20.6 Å². The zero-order valence-corrected chi connectivity index (χ0v) is 12.5. The van der Waals surface area contributed by atoms with Crippen LogP contribution in [0.4, 0.5) is 5.69 Å². The molecule has 6 nitrogen and oxygen atoms in total. The number of benzene rings is 1. The standard InChI is InChI=1S/C14H18N2O4S/c17-16(18)13-10-6-7-11-14(13)21(19,20)15-12-8-4-2-1-3-5-9-12/h6-7,10-11H,1-5,8-9H2. The van der Waals surface area contributed by atoms with E-state index in [1.165, 1.54) is 30.7 Å². The molecule has 7 heteroatoms. The van der Waals surface area contributed by atoms with E-state index in [-0.39, 0.29) is 4.90 Å². The molecule has 0 radical (unpaired) electrons. The topological polar surface area (TPSA) is 89.6 Å². The van der Waals surface area contributed by atoms with Gasteiger partial charge in [0, 0.05) is 11.8 Å². The van der Waals surface area contributed by atoms with Crippen molar-refractivity contribution in [2.45, 2.75) is 49.8 Å². The first-order valence-electron chi connectivity index (χ1n) is 7.07. The van der Waals surface area contributed by atoms with Crippen molar-refractivity contribution < 1.29 is 13.3 Å². The van der Waals surface area contributed by atoms with Crippen LogP contribution in [0.1, 0.15) is 44.9 Å². The van der Waals surface area contributed by atoms with Crippen LogP contribution in [-0.4, -0.2) is 19.1 Å². The molecular formula is C14H18N2O4S. The van der Waals surface area contributed by atoms with Gasteiger partial charge < -0.3 is 0 Å². The second kappa shape index (κ2) is 6.80. The fourth-order valence-corrected chi connectivity index (χ4v) is 3.73. The van der Waals surface area contributed by atoms with Crippen molar-refractivity contribution in [2.24, 2.45) is 4.40 Å². The molecule has 21 heavy (non-hydrogen) atoms. The van der Waals surface area contributed by atoms with Gasteiger partial charge in [0.15, 0.2) is 4.90 Å².